The minimum absolute atomic E-state index is 0.683. The Hall–Kier alpha value is -4.82. The highest BCUT2D eigenvalue weighted by molar-refractivity contribution is 6.14. The van der Waals surface area contributed by atoms with Gasteiger partial charge >= 0.3 is 0 Å². The van der Waals surface area contributed by atoms with Crippen molar-refractivity contribution < 1.29 is 0 Å². The standard InChI is InChI=1S/C39H32N2/c1-25-16-18-28(19-17-25)39(41-27(3)33-14-9-15-37-35-13-8-7-11-31(35)24-38(33)37)40-26(2)29-20-21-36-32(22-29)23-30-10-5-4-6-12-34(30)36/h4-9,11-22H,2,10,23-24H2,1,3H3. The van der Waals surface area contributed by atoms with E-state index < -0.39 is 0 Å². The maximum atomic E-state index is 5.18. The lowest BCUT2D eigenvalue weighted by molar-refractivity contribution is 1.11. The van der Waals surface area contributed by atoms with Gasteiger partial charge in [0.15, 0.2) is 5.84 Å². The Morgan fingerprint density at radius 1 is 0.732 bits per heavy atom. The summed E-state index contributed by atoms with van der Waals surface area (Å²) in [5, 5.41) is 0. The number of rotatable bonds is 4. The molecule has 198 valence electrons. The molecule has 0 N–H and O–H groups in total. The van der Waals surface area contributed by atoms with E-state index in [1.165, 1.54) is 55.7 Å². The Morgan fingerprint density at radius 2 is 1.54 bits per heavy atom. The molecule has 0 aliphatic heterocycles. The number of fused-ring (bicyclic) bond motifs is 5. The Kier molecular flexibility index (Phi) is 6.32. The lowest BCUT2D eigenvalue weighted by Gasteiger charge is -2.11. The number of allylic oxidation sites excluding steroid dienone is 6. The molecule has 0 saturated carbocycles. The van der Waals surface area contributed by atoms with E-state index in [4.69, 9.17) is 9.98 Å². The first-order valence-corrected chi connectivity index (χ1v) is 14.3. The zero-order valence-corrected chi connectivity index (χ0v) is 23.6. The molecular formula is C39H32N2. The van der Waals surface area contributed by atoms with E-state index in [0.29, 0.717) is 5.84 Å². The third-order valence-electron chi connectivity index (χ3n) is 8.45. The Bertz CT molecular complexity index is 1870. The molecule has 0 unspecified atom stereocenters. The fourth-order valence-corrected chi connectivity index (χ4v) is 6.29. The molecule has 2 heteroatoms. The summed E-state index contributed by atoms with van der Waals surface area (Å²) in [7, 11) is 0. The second kappa shape index (κ2) is 10.3. The van der Waals surface area contributed by atoms with Gasteiger partial charge in [-0.05, 0) is 89.3 Å². The molecule has 41 heavy (non-hydrogen) atoms. The molecule has 0 amide bonds. The van der Waals surface area contributed by atoms with Crippen LogP contribution in [-0.4, -0.2) is 11.5 Å². The largest absolute Gasteiger partial charge is 0.233 e. The van der Waals surface area contributed by atoms with Crippen LogP contribution in [0.1, 0.15) is 57.9 Å². The zero-order chi connectivity index (χ0) is 27.9. The Labute approximate surface area is 242 Å². The molecule has 4 aromatic rings. The number of benzene rings is 4. The van der Waals surface area contributed by atoms with Gasteiger partial charge < -0.3 is 0 Å². The minimum atomic E-state index is 0.683. The second-order valence-corrected chi connectivity index (χ2v) is 11.2. The third-order valence-corrected chi connectivity index (χ3v) is 8.45. The van der Waals surface area contributed by atoms with Crippen molar-refractivity contribution in [3.63, 3.8) is 0 Å². The number of amidine groups is 1. The van der Waals surface area contributed by atoms with Crippen molar-refractivity contribution in [2.45, 2.75) is 33.1 Å². The van der Waals surface area contributed by atoms with Gasteiger partial charge in [-0.3, -0.25) is 0 Å². The summed E-state index contributed by atoms with van der Waals surface area (Å²) >= 11 is 0. The molecule has 0 aromatic heterocycles. The van der Waals surface area contributed by atoms with Gasteiger partial charge in [0, 0.05) is 11.3 Å². The van der Waals surface area contributed by atoms with E-state index in [-0.39, 0.29) is 0 Å². The number of hydrogen-bond donors (Lipinski definition) is 0. The van der Waals surface area contributed by atoms with Crippen molar-refractivity contribution in [2.24, 2.45) is 9.98 Å². The van der Waals surface area contributed by atoms with Crippen LogP contribution in [0, 0.1) is 6.92 Å². The smallest absolute Gasteiger partial charge is 0.160 e. The van der Waals surface area contributed by atoms with Crippen LogP contribution in [0.4, 0.5) is 0 Å². The Morgan fingerprint density at radius 3 is 2.41 bits per heavy atom. The summed E-state index contributed by atoms with van der Waals surface area (Å²) in [4.78, 5) is 10.2. The van der Waals surface area contributed by atoms with Crippen LogP contribution in [0.5, 0.6) is 0 Å². The summed E-state index contributed by atoms with van der Waals surface area (Å²) in [5.41, 5.74) is 17.0. The summed E-state index contributed by atoms with van der Waals surface area (Å²) in [6.07, 6.45) is 11.7. The fourth-order valence-electron chi connectivity index (χ4n) is 6.29. The average Bonchev–Trinajstić information content (AvgIpc) is 3.45. The third kappa shape index (κ3) is 4.66. The van der Waals surface area contributed by atoms with Crippen LogP contribution in [0.3, 0.4) is 0 Å². The molecule has 0 radical (unpaired) electrons. The van der Waals surface area contributed by atoms with Crippen LogP contribution < -0.4 is 0 Å². The molecule has 0 heterocycles. The van der Waals surface area contributed by atoms with E-state index in [2.05, 4.69) is 130 Å². The number of nitrogens with zero attached hydrogens (tertiary/aromatic N) is 2. The molecule has 7 rings (SSSR count). The van der Waals surface area contributed by atoms with Crippen molar-refractivity contribution in [1.29, 1.82) is 0 Å². The van der Waals surface area contributed by atoms with Gasteiger partial charge in [0.05, 0.1) is 5.70 Å². The van der Waals surface area contributed by atoms with Crippen molar-refractivity contribution >= 4 is 22.8 Å². The second-order valence-electron chi connectivity index (χ2n) is 11.2. The molecule has 0 fully saturated rings. The lowest BCUT2D eigenvalue weighted by Crippen LogP contribution is -2.06. The lowest BCUT2D eigenvalue weighted by atomic mass is 9.98. The van der Waals surface area contributed by atoms with Crippen molar-refractivity contribution in [3.8, 4) is 11.1 Å². The first-order chi connectivity index (χ1) is 20.0. The topological polar surface area (TPSA) is 24.7 Å². The van der Waals surface area contributed by atoms with Crippen molar-refractivity contribution in [3.05, 3.63) is 166 Å². The van der Waals surface area contributed by atoms with Crippen LogP contribution in [0.2, 0.25) is 0 Å². The van der Waals surface area contributed by atoms with Crippen molar-refractivity contribution in [2.75, 3.05) is 0 Å². The summed E-state index contributed by atoms with van der Waals surface area (Å²) in [6, 6.07) is 30.3. The van der Waals surface area contributed by atoms with E-state index in [9.17, 15) is 0 Å². The molecule has 0 atom stereocenters. The van der Waals surface area contributed by atoms with Crippen LogP contribution in [0.25, 0.3) is 22.4 Å². The first-order valence-electron chi connectivity index (χ1n) is 14.3. The monoisotopic (exact) mass is 528 g/mol. The van der Waals surface area contributed by atoms with Crippen LogP contribution >= 0.6 is 0 Å². The summed E-state index contributed by atoms with van der Waals surface area (Å²) < 4.78 is 0. The molecule has 4 aromatic carbocycles. The molecule has 0 spiro atoms. The molecule has 0 saturated heterocycles. The van der Waals surface area contributed by atoms with Gasteiger partial charge in [-0.15, -0.1) is 0 Å². The average molecular weight is 529 g/mol. The first kappa shape index (κ1) is 25.2. The molecule has 3 aliphatic rings. The van der Waals surface area contributed by atoms with Gasteiger partial charge in [-0.25, -0.2) is 9.98 Å². The molecule has 2 nitrogen and oxygen atoms in total. The zero-order valence-electron chi connectivity index (χ0n) is 23.6. The van der Waals surface area contributed by atoms with Crippen LogP contribution in [-0.2, 0) is 12.8 Å². The molecular weight excluding hydrogens is 496 g/mol. The van der Waals surface area contributed by atoms with E-state index in [1.54, 1.807) is 0 Å². The van der Waals surface area contributed by atoms with E-state index >= 15 is 0 Å². The highest BCUT2D eigenvalue weighted by Gasteiger charge is 2.22. The van der Waals surface area contributed by atoms with Gasteiger partial charge in [0.1, 0.15) is 0 Å². The summed E-state index contributed by atoms with van der Waals surface area (Å²) in [5.74, 6) is 0.683. The highest BCUT2D eigenvalue weighted by atomic mass is 14.9. The highest BCUT2D eigenvalue weighted by Crippen LogP contribution is 2.39. The Balaban J connectivity index is 1.26. The van der Waals surface area contributed by atoms with Gasteiger partial charge in [0.2, 0.25) is 0 Å². The fraction of sp³-hybridized carbons (Fsp3) is 0.128. The predicted octanol–water partition coefficient (Wildman–Crippen LogP) is 9.32. The number of aryl methyl sites for hydroxylation is 1. The summed E-state index contributed by atoms with van der Waals surface area (Å²) in [6.45, 7) is 8.61. The van der Waals surface area contributed by atoms with E-state index in [1.807, 2.05) is 0 Å². The van der Waals surface area contributed by atoms with Crippen molar-refractivity contribution in [1.82, 2.24) is 0 Å². The van der Waals surface area contributed by atoms with Gasteiger partial charge in [-0.1, -0.05) is 121 Å². The maximum absolute atomic E-state index is 5.18. The van der Waals surface area contributed by atoms with Gasteiger partial charge in [-0.2, -0.15) is 0 Å². The van der Waals surface area contributed by atoms with Crippen LogP contribution in [0.15, 0.2) is 131 Å². The molecule has 3 aliphatic carbocycles. The maximum Gasteiger partial charge on any atom is 0.160 e. The predicted molar refractivity (Wildman–Crippen MR) is 174 cm³/mol. The SMILES string of the molecule is C=C(N=C(N=C(C)c1cccc2c1Cc1ccccc1-2)c1ccc(C)cc1)c1ccc2c(c1)CC1=C2C=CC=CC1. The molecule has 0 bridgehead atoms. The normalized spacial score (nSPS) is 15.4. The van der Waals surface area contributed by atoms with E-state index in [0.717, 1.165) is 41.8 Å². The number of hydrogen-bond acceptors (Lipinski definition) is 1. The van der Waals surface area contributed by atoms with Gasteiger partial charge in [0.25, 0.3) is 0 Å². The minimum Gasteiger partial charge on any atom is -0.233 e. The number of aliphatic imine (C=N–C) groups is 2. The quantitative estimate of drug-likeness (QED) is 0.164.